The Morgan fingerprint density at radius 2 is 2.10 bits per heavy atom. The maximum Gasteiger partial charge on any atom is 0.0706 e. The summed E-state index contributed by atoms with van der Waals surface area (Å²) in [5.41, 5.74) is 8.25. The van der Waals surface area contributed by atoms with Gasteiger partial charge in [0.05, 0.1) is 17.3 Å². The van der Waals surface area contributed by atoms with Crippen LogP contribution in [0.2, 0.25) is 0 Å². The van der Waals surface area contributed by atoms with Crippen molar-refractivity contribution < 1.29 is 0 Å². The summed E-state index contributed by atoms with van der Waals surface area (Å²) < 4.78 is 0. The molecule has 1 saturated heterocycles. The van der Waals surface area contributed by atoms with E-state index in [2.05, 4.69) is 48.2 Å². The van der Waals surface area contributed by atoms with Gasteiger partial charge in [-0.1, -0.05) is 31.2 Å². The highest BCUT2D eigenvalue weighted by atomic mass is 15.2. The van der Waals surface area contributed by atoms with Crippen LogP contribution in [0.3, 0.4) is 0 Å². The molecule has 1 aliphatic heterocycles. The maximum atomic E-state index is 5.98. The van der Waals surface area contributed by atoms with Crippen LogP contribution in [-0.2, 0) is 0 Å². The van der Waals surface area contributed by atoms with Crippen molar-refractivity contribution in [3.05, 3.63) is 42.1 Å². The molecule has 2 aromatic rings. The molecule has 3 rings (SSSR count). The monoisotopic (exact) mass is 269 g/mol. The van der Waals surface area contributed by atoms with Crippen LogP contribution in [0.25, 0.3) is 10.9 Å². The summed E-state index contributed by atoms with van der Waals surface area (Å²) in [4.78, 5) is 7.44. The molecule has 2 atom stereocenters. The van der Waals surface area contributed by atoms with Crippen molar-refractivity contribution in [1.29, 1.82) is 0 Å². The molecular weight excluding hydrogens is 246 g/mol. The fourth-order valence-electron chi connectivity index (χ4n) is 3.39. The number of aromatic nitrogens is 1. The van der Waals surface area contributed by atoms with Gasteiger partial charge in [0.2, 0.25) is 0 Å². The van der Waals surface area contributed by atoms with Gasteiger partial charge >= 0.3 is 0 Å². The van der Waals surface area contributed by atoms with E-state index in [1.165, 1.54) is 23.9 Å². The van der Waals surface area contributed by atoms with E-state index in [0.29, 0.717) is 12.0 Å². The zero-order chi connectivity index (χ0) is 13.9. The number of fused-ring (bicyclic) bond motifs is 1. The van der Waals surface area contributed by atoms with Crippen molar-refractivity contribution in [2.45, 2.75) is 25.8 Å². The highest BCUT2D eigenvalue weighted by molar-refractivity contribution is 5.78. The van der Waals surface area contributed by atoms with Gasteiger partial charge in [0.15, 0.2) is 0 Å². The van der Waals surface area contributed by atoms with E-state index in [4.69, 9.17) is 10.7 Å². The molecule has 0 bridgehead atoms. The van der Waals surface area contributed by atoms with Gasteiger partial charge < -0.3 is 5.73 Å². The number of hydrogen-bond acceptors (Lipinski definition) is 3. The van der Waals surface area contributed by atoms with Crippen LogP contribution in [0.1, 0.15) is 31.5 Å². The Morgan fingerprint density at radius 3 is 2.90 bits per heavy atom. The van der Waals surface area contributed by atoms with Crippen LogP contribution >= 0.6 is 0 Å². The van der Waals surface area contributed by atoms with Gasteiger partial charge in [0.25, 0.3) is 0 Å². The first-order valence-electron chi connectivity index (χ1n) is 7.63. The second-order valence-corrected chi connectivity index (χ2v) is 5.69. The Morgan fingerprint density at radius 1 is 1.25 bits per heavy atom. The third-order valence-corrected chi connectivity index (χ3v) is 4.36. The van der Waals surface area contributed by atoms with Crippen molar-refractivity contribution in [3.63, 3.8) is 0 Å². The van der Waals surface area contributed by atoms with E-state index < -0.39 is 0 Å². The summed E-state index contributed by atoms with van der Waals surface area (Å²) in [6.07, 6.45) is 2.37. The Hall–Kier alpha value is -1.45. The average molecular weight is 269 g/mol. The second kappa shape index (κ2) is 5.90. The number of nitrogens with zero attached hydrogens (tertiary/aromatic N) is 2. The Labute approximate surface area is 120 Å². The molecule has 2 unspecified atom stereocenters. The van der Waals surface area contributed by atoms with E-state index in [1.807, 2.05) is 0 Å². The minimum Gasteiger partial charge on any atom is -0.330 e. The molecule has 0 spiro atoms. The fraction of sp³-hybridized carbons (Fsp3) is 0.471. The van der Waals surface area contributed by atoms with E-state index in [-0.39, 0.29) is 0 Å². The van der Waals surface area contributed by atoms with Gasteiger partial charge in [-0.15, -0.1) is 0 Å². The zero-order valence-electron chi connectivity index (χ0n) is 12.1. The van der Waals surface area contributed by atoms with Crippen LogP contribution in [-0.4, -0.2) is 29.5 Å². The van der Waals surface area contributed by atoms with E-state index in [0.717, 1.165) is 25.2 Å². The zero-order valence-corrected chi connectivity index (χ0v) is 12.1. The highest BCUT2D eigenvalue weighted by Crippen LogP contribution is 2.36. The molecule has 0 amide bonds. The Balaban J connectivity index is 1.97. The quantitative estimate of drug-likeness (QED) is 0.928. The molecule has 0 radical (unpaired) electrons. The number of hydrogen-bond donors (Lipinski definition) is 1. The van der Waals surface area contributed by atoms with E-state index >= 15 is 0 Å². The lowest BCUT2D eigenvalue weighted by molar-refractivity contribution is 0.226. The first kappa shape index (κ1) is 13.5. The van der Waals surface area contributed by atoms with Crippen molar-refractivity contribution in [2.24, 2.45) is 11.7 Å². The summed E-state index contributed by atoms with van der Waals surface area (Å²) in [7, 11) is 0. The minimum atomic E-state index is 0.393. The summed E-state index contributed by atoms with van der Waals surface area (Å²) in [6, 6.07) is 13.1. The molecule has 1 fully saturated rings. The lowest BCUT2D eigenvalue weighted by Gasteiger charge is -2.27. The first-order chi connectivity index (χ1) is 9.83. The van der Waals surface area contributed by atoms with Gasteiger partial charge in [-0.05, 0) is 50.5 Å². The molecule has 0 aliphatic carbocycles. The van der Waals surface area contributed by atoms with Crippen molar-refractivity contribution in [3.8, 4) is 0 Å². The predicted molar refractivity (Wildman–Crippen MR) is 83.5 cm³/mol. The number of rotatable bonds is 4. The minimum absolute atomic E-state index is 0.393. The number of benzene rings is 1. The lowest BCUT2D eigenvalue weighted by Crippen LogP contribution is -2.29. The van der Waals surface area contributed by atoms with Crippen LogP contribution in [0.5, 0.6) is 0 Å². The van der Waals surface area contributed by atoms with E-state index in [1.54, 1.807) is 0 Å². The largest absolute Gasteiger partial charge is 0.330 e. The molecule has 1 aromatic carbocycles. The normalized spacial score (nSPS) is 23.5. The number of nitrogens with two attached hydrogens (primary N) is 1. The van der Waals surface area contributed by atoms with Crippen LogP contribution in [0, 0.1) is 5.92 Å². The van der Waals surface area contributed by atoms with Gasteiger partial charge in [-0.2, -0.15) is 0 Å². The number of likely N-dealkylation sites (tertiary alicyclic amines) is 1. The van der Waals surface area contributed by atoms with Gasteiger partial charge in [-0.3, -0.25) is 9.88 Å². The molecule has 2 N–H and O–H groups in total. The molecule has 0 saturated carbocycles. The maximum absolute atomic E-state index is 5.98. The molecular formula is C17H23N3. The summed E-state index contributed by atoms with van der Waals surface area (Å²) in [6.45, 7) is 5.27. The highest BCUT2D eigenvalue weighted by Gasteiger charge is 2.34. The average Bonchev–Trinajstić information content (AvgIpc) is 2.90. The molecule has 1 aliphatic rings. The topological polar surface area (TPSA) is 42.1 Å². The van der Waals surface area contributed by atoms with Crippen molar-refractivity contribution in [2.75, 3.05) is 19.6 Å². The van der Waals surface area contributed by atoms with E-state index in [9.17, 15) is 0 Å². The SMILES string of the molecule is CCCN1CCC(CN)C1c1ccc2ccccc2n1. The molecule has 2 heterocycles. The van der Waals surface area contributed by atoms with Gasteiger partial charge in [-0.25, -0.2) is 0 Å². The molecule has 106 valence electrons. The second-order valence-electron chi connectivity index (χ2n) is 5.69. The molecule has 3 nitrogen and oxygen atoms in total. The Bertz CT molecular complexity index is 581. The number of pyridine rings is 1. The van der Waals surface area contributed by atoms with Crippen LogP contribution < -0.4 is 5.73 Å². The molecule has 3 heteroatoms. The molecule has 1 aromatic heterocycles. The van der Waals surface area contributed by atoms with Crippen molar-refractivity contribution >= 4 is 10.9 Å². The predicted octanol–water partition coefficient (Wildman–Crippen LogP) is 2.97. The summed E-state index contributed by atoms with van der Waals surface area (Å²) in [5, 5.41) is 1.21. The summed E-state index contributed by atoms with van der Waals surface area (Å²) >= 11 is 0. The molecule has 20 heavy (non-hydrogen) atoms. The lowest BCUT2D eigenvalue weighted by atomic mass is 9.96. The van der Waals surface area contributed by atoms with Crippen molar-refractivity contribution in [1.82, 2.24) is 9.88 Å². The number of para-hydroxylation sites is 1. The van der Waals surface area contributed by atoms with Gasteiger partial charge in [0, 0.05) is 5.39 Å². The third-order valence-electron chi connectivity index (χ3n) is 4.36. The van der Waals surface area contributed by atoms with Gasteiger partial charge in [0.1, 0.15) is 0 Å². The fourth-order valence-corrected chi connectivity index (χ4v) is 3.39. The first-order valence-corrected chi connectivity index (χ1v) is 7.63. The smallest absolute Gasteiger partial charge is 0.0706 e. The Kier molecular flexibility index (Phi) is 3.99. The van der Waals surface area contributed by atoms with Crippen LogP contribution in [0.15, 0.2) is 36.4 Å². The summed E-state index contributed by atoms with van der Waals surface area (Å²) in [5.74, 6) is 0.537. The van der Waals surface area contributed by atoms with Crippen LogP contribution in [0.4, 0.5) is 0 Å². The standard InChI is InChI=1S/C17H23N3/c1-2-10-20-11-9-14(12-18)17(20)16-8-7-13-5-3-4-6-15(13)19-16/h3-8,14,17H,2,9-12,18H2,1H3. The third kappa shape index (κ3) is 2.43.